The van der Waals surface area contributed by atoms with E-state index in [-0.39, 0.29) is 12.1 Å². The van der Waals surface area contributed by atoms with Crippen molar-refractivity contribution in [3.05, 3.63) is 71.8 Å². The van der Waals surface area contributed by atoms with Crippen molar-refractivity contribution in [2.45, 2.75) is 31.2 Å². The zero-order valence-corrected chi connectivity index (χ0v) is 14.1. The molecule has 2 aromatic rings. The largest absolute Gasteiger partial charge is 0.392 e. The number of nitrogens with zero attached hydrogens (tertiary/aromatic N) is 1. The van der Waals surface area contributed by atoms with Gasteiger partial charge in [-0.05, 0) is 17.5 Å². The van der Waals surface area contributed by atoms with Gasteiger partial charge in [0, 0.05) is 25.7 Å². The average molecular weight is 340 g/mol. The molecule has 3 rings (SSSR count). The Morgan fingerprint density at radius 3 is 2.44 bits per heavy atom. The minimum Gasteiger partial charge on any atom is -0.392 e. The van der Waals surface area contributed by atoms with E-state index >= 15 is 0 Å². The number of aliphatic hydroxyl groups is 2. The lowest BCUT2D eigenvalue weighted by molar-refractivity contribution is -0.129. The second-order valence-electron chi connectivity index (χ2n) is 6.52. The molecule has 5 heteroatoms. The second kappa shape index (κ2) is 8.25. The van der Waals surface area contributed by atoms with Gasteiger partial charge in [0.2, 0.25) is 0 Å². The second-order valence-corrected chi connectivity index (χ2v) is 6.52. The Morgan fingerprint density at radius 2 is 1.76 bits per heavy atom. The summed E-state index contributed by atoms with van der Waals surface area (Å²) in [5, 5.41) is 23.0. The number of rotatable bonds is 6. The van der Waals surface area contributed by atoms with Crippen LogP contribution < -0.4 is 5.32 Å². The van der Waals surface area contributed by atoms with Crippen molar-refractivity contribution in [1.29, 1.82) is 0 Å². The standard InChI is InChI=1S/C20H24N2O3/c23-18-11-17(22(14-18)13-15-7-3-1-4-8-15)12-21-20(25)19(24)16-9-5-2-6-10-16/h1-10,17-19,23-24H,11-14H2,(H,21,25)/t17-,18-,19+/m0/s1. The molecule has 3 N–H and O–H groups in total. The van der Waals surface area contributed by atoms with Crippen molar-refractivity contribution in [1.82, 2.24) is 10.2 Å². The summed E-state index contributed by atoms with van der Waals surface area (Å²) in [4.78, 5) is 14.4. The van der Waals surface area contributed by atoms with Gasteiger partial charge in [-0.3, -0.25) is 9.69 Å². The highest BCUT2D eigenvalue weighted by Gasteiger charge is 2.31. The Morgan fingerprint density at radius 1 is 1.12 bits per heavy atom. The lowest BCUT2D eigenvalue weighted by atomic mass is 10.1. The average Bonchev–Trinajstić information content (AvgIpc) is 3.00. The summed E-state index contributed by atoms with van der Waals surface area (Å²) in [7, 11) is 0. The van der Waals surface area contributed by atoms with Gasteiger partial charge < -0.3 is 15.5 Å². The van der Waals surface area contributed by atoms with Crippen molar-refractivity contribution in [2.75, 3.05) is 13.1 Å². The molecule has 0 aliphatic carbocycles. The fourth-order valence-corrected chi connectivity index (χ4v) is 3.28. The van der Waals surface area contributed by atoms with Crippen LogP contribution in [0.4, 0.5) is 0 Å². The number of nitrogens with one attached hydrogen (secondary N) is 1. The molecule has 2 aromatic carbocycles. The molecule has 1 amide bonds. The highest BCUT2D eigenvalue weighted by atomic mass is 16.3. The van der Waals surface area contributed by atoms with Gasteiger partial charge in [0.25, 0.3) is 5.91 Å². The number of hydrogen-bond donors (Lipinski definition) is 3. The molecule has 0 aromatic heterocycles. The maximum absolute atomic E-state index is 12.2. The van der Waals surface area contributed by atoms with Crippen LogP contribution in [0, 0.1) is 0 Å². The first kappa shape index (κ1) is 17.6. The predicted molar refractivity (Wildman–Crippen MR) is 95.7 cm³/mol. The lowest BCUT2D eigenvalue weighted by Gasteiger charge is -2.25. The van der Waals surface area contributed by atoms with Crippen LogP contribution in [0.3, 0.4) is 0 Å². The first-order valence-electron chi connectivity index (χ1n) is 8.60. The molecule has 1 heterocycles. The van der Waals surface area contributed by atoms with Crippen molar-refractivity contribution in [3.63, 3.8) is 0 Å². The van der Waals surface area contributed by atoms with E-state index in [1.54, 1.807) is 24.3 Å². The summed E-state index contributed by atoms with van der Waals surface area (Å²) in [6.07, 6.45) is -0.936. The number of hydrogen-bond acceptors (Lipinski definition) is 4. The molecule has 1 aliphatic heterocycles. The van der Waals surface area contributed by atoms with E-state index in [0.717, 1.165) is 6.54 Å². The van der Waals surface area contributed by atoms with Crippen molar-refractivity contribution in [3.8, 4) is 0 Å². The van der Waals surface area contributed by atoms with Gasteiger partial charge in [0.05, 0.1) is 6.10 Å². The topological polar surface area (TPSA) is 72.8 Å². The molecule has 25 heavy (non-hydrogen) atoms. The molecule has 0 saturated carbocycles. The number of carbonyl (C=O) groups is 1. The summed E-state index contributed by atoms with van der Waals surface area (Å²) in [5.74, 6) is -0.410. The van der Waals surface area contributed by atoms with Gasteiger partial charge in [-0.2, -0.15) is 0 Å². The fraction of sp³-hybridized carbons (Fsp3) is 0.350. The third-order valence-corrected chi connectivity index (χ3v) is 4.61. The Kier molecular flexibility index (Phi) is 5.81. The van der Waals surface area contributed by atoms with Gasteiger partial charge >= 0.3 is 0 Å². The molecule has 1 aliphatic rings. The number of carbonyl (C=O) groups excluding carboxylic acids is 1. The van der Waals surface area contributed by atoms with Gasteiger partial charge in [-0.15, -0.1) is 0 Å². The van der Waals surface area contributed by atoms with Crippen LogP contribution in [-0.4, -0.2) is 46.3 Å². The van der Waals surface area contributed by atoms with Gasteiger partial charge in [-0.1, -0.05) is 60.7 Å². The van der Waals surface area contributed by atoms with Crippen LogP contribution in [-0.2, 0) is 11.3 Å². The summed E-state index contributed by atoms with van der Waals surface area (Å²) in [6, 6.07) is 19.0. The summed E-state index contributed by atoms with van der Waals surface area (Å²) >= 11 is 0. The quantitative estimate of drug-likeness (QED) is 0.745. The van der Waals surface area contributed by atoms with E-state index in [0.29, 0.717) is 25.1 Å². The number of aliphatic hydroxyl groups excluding tert-OH is 2. The smallest absolute Gasteiger partial charge is 0.253 e. The third-order valence-electron chi connectivity index (χ3n) is 4.61. The first-order chi connectivity index (χ1) is 12.1. The van der Waals surface area contributed by atoms with Crippen LogP contribution in [0.5, 0.6) is 0 Å². The van der Waals surface area contributed by atoms with E-state index in [1.165, 1.54) is 5.56 Å². The minimum atomic E-state index is -1.17. The molecule has 132 valence electrons. The molecular formula is C20H24N2O3. The normalized spacial score (nSPS) is 21.8. The maximum Gasteiger partial charge on any atom is 0.253 e. The van der Waals surface area contributed by atoms with E-state index in [2.05, 4.69) is 22.3 Å². The van der Waals surface area contributed by atoms with Crippen molar-refractivity contribution < 1.29 is 15.0 Å². The molecular weight excluding hydrogens is 316 g/mol. The first-order valence-corrected chi connectivity index (χ1v) is 8.60. The summed E-state index contributed by atoms with van der Waals surface area (Å²) < 4.78 is 0. The van der Waals surface area contributed by atoms with Crippen LogP contribution >= 0.6 is 0 Å². The Labute approximate surface area is 147 Å². The number of β-amino-alcohol motifs (C(OH)–C–C–N with tert-alkyl or cyclic N) is 1. The van der Waals surface area contributed by atoms with E-state index in [4.69, 9.17) is 0 Å². The Balaban J connectivity index is 1.56. The Hall–Kier alpha value is -2.21. The Bertz CT molecular complexity index is 678. The SMILES string of the molecule is O=C(NC[C@@H]1C[C@H](O)CN1Cc1ccccc1)[C@H](O)c1ccccc1. The monoisotopic (exact) mass is 340 g/mol. The molecule has 1 fully saturated rings. The zero-order chi connectivity index (χ0) is 17.6. The van der Waals surface area contributed by atoms with Crippen LogP contribution in [0.1, 0.15) is 23.7 Å². The fourth-order valence-electron chi connectivity index (χ4n) is 3.28. The summed E-state index contributed by atoms with van der Waals surface area (Å²) in [6.45, 7) is 1.74. The number of benzene rings is 2. The van der Waals surface area contributed by atoms with Crippen LogP contribution in [0.15, 0.2) is 60.7 Å². The van der Waals surface area contributed by atoms with Gasteiger partial charge in [0.15, 0.2) is 6.10 Å². The number of likely N-dealkylation sites (tertiary alicyclic amines) is 1. The molecule has 0 unspecified atom stereocenters. The minimum absolute atomic E-state index is 0.0575. The van der Waals surface area contributed by atoms with Crippen LogP contribution in [0.25, 0.3) is 0 Å². The molecule has 5 nitrogen and oxygen atoms in total. The molecule has 0 radical (unpaired) electrons. The highest BCUT2D eigenvalue weighted by molar-refractivity contribution is 5.81. The molecule has 1 saturated heterocycles. The molecule has 3 atom stereocenters. The third kappa shape index (κ3) is 4.66. The van der Waals surface area contributed by atoms with Crippen molar-refractivity contribution >= 4 is 5.91 Å². The van der Waals surface area contributed by atoms with Crippen LogP contribution in [0.2, 0.25) is 0 Å². The van der Waals surface area contributed by atoms with Gasteiger partial charge in [0.1, 0.15) is 0 Å². The molecule has 0 spiro atoms. The highest BCUT2D eigenvalue weighted by Crippen LogP contribution is 2.20. The maximum atomic E-state index is 12.2. The zero-order valence-electron chi connectivity index (χ0n) is 14.1. The van der Waals surface area contributed by atoms with Crippen molar-refractivity contribution in [2.24, 2.45) is 0 Å². The predicted octanol–water partition coefficient (Wildman–Crippen LogP) is 1.47. The van der Waals surface area contributed by atoms with Gasteiger partial charge in [-0.25, -0.2) is 0 Å². The molecule has 0 bridgehead atoms. The lowest BCUT2D eigenvalue weighted by Crippen LogP contribution is -2.41. The van der Waals surface area contributed by atoms with E-state index in [9.17, 15) is 15.0 Å². The van der Waals surface area contributed by atoms with E-state index < -0.39 is 12.0 Å². The summed E-state index contributed by atoms with van der Waals surface area (Å²) in [5.41, 5.74) is 1.75. The number of amides is 1. The van der Waals surface area contributed by atoms with E-state index in [1.807, 2.05) is 24.3 Å².